The predicted octanol–water partition coefficient (Wildman–Crippen LogP) is 4.50. The number of rotatable bonds is 7. The third-order valence-electron chi connectivity index (χ3n) is 6.37. The van der Waals surface area contributed by atoms with Crippen LogP contribution < -0.4 is 10.4 Å². The standard InChI is InChI=1S/C28H31NO3Si/c1-21(19-29-26(30)24-17-11-12-18-25(24)27(29)31)20-32-33(28(2,3)4,22-13-7-5-8-14-22)23-15-9-6-10-16-23/h5-18,21H,19-20H2,1-4H3/t21-/m1/s1. The lowest BCUT2D eigenvalue weighted by molar-refractivity contribution is 0.0616. The molecule has 0 aliphatic carbocycles. The van der Waals surface area contributed by atoms with Gasteiger partial charge >= 0.3 is 0 Å². The molecule has 3 aromatic carbocycles. The first-order valence-electron chi connectivity index (χ1n) is 11.5. The zero-order valence-electron chi connectivity index (χ0n) is 19.7. The van der Waals surface area contributed by atoms with Crippen molar-refractivity contribution >= 4 is 30.5 Å². The van der Waals surface area contributed by atoms with E-state index in [1.807, 2.05) is 19.1 Å². The van der Waals surface area contributed by atoms with Crippen molar-refractivity contribution in [1.82, 2.24) is 4.90 Å². The lowest BCUT2D eigenvalue weighted by Gasteiger charge is -2.43. The molecule has 0 saturated carbocycles. The first-order valence-corrected chi connectivity index (χ1v) is 13.4. The number of hydrogen-bond donors (Lipinski definition) is 0. The van der Waals surface area contributed by atoms with Crippen molar-refractivity contribution in [3.05, 3.63) is 96.1 Å². The Bertz CT molecular complexity index is 1060. The lowest BCUT2D eigenvalue weighted by atomic mass is 10.1. The molecule has 0 radical (unpaired) electrons. The van der Waals surface area contributed by atoms with Crippen molar-refractivity contribution in [2.24, 2.45) is 5.92 Å². The van der Waals surface area contributed by atoms with Crippen LogP contribution in [0.3, 0.4) is 0 Å². The summed E-state index contributed by atoms with van der Waals surface area (Å²) in [6, 6.07) is 28.0. The van der Waals surface area contributed by atoms with Crippen molar-refractivity contribution in [3.63, 3.8) is 0 Å². The number of carbonyl (C=O) groups is 2. The van der Waals surface area contributed by atoms with Gasteiger partial charge in [-0.05, 0) is 33.5 Å². The van der Waals surface area contributed by atoms with Crippen LogP contribution >= 0.6 is 0 Å². The fourth-order valence-corrected chi connectivity index (χ4v) is 9.49. The van der Waals surface area contributed by atoms with Crippen LogP contribution in [0.1, 0.15) is 48.4 Å². The number of imide groups is 1. The van der Waals surface area contributed by atoms with E-state index in [1.165, 1.54) is 15.3 Å². The topological polar surface area (TPSA) is 46.6 Å². The fraction of sp³-hybridized carbons (Fsp3) is 0.286. The lowest BCUT2D eigenvalue weighted by Crippen LogP contribution is -2.67. The Morgan fingerprint density at radius 1 is 0.758 bits per heavy atom. The maximum Gasteiger partial charge on any atom is 0.261 e. The Morgan fingerprint density at radius 3 is 1.61 bits per heavy atom. The van der Waals surface area contributed by atoms with Crippen molar-refractivity contribution < 1.29 is 14.0 Å². The van der Waals surface area contributed by atoms with E-state index >= 15 is 0 Å². The number of fused-ring (bicyclic) bond motifs is 1. The van der Waals surface area contributed by atoms with Gasteiger partial charge in [-0.15, -0.1) is 0 Å². The second kappa shape index (κ2) is 9.08. The van der Waals surface area contributed by atoms with Gasteiger partial charge in [0.25, 0.3) is 20.1 Å². The summed E-state index contributed by atoms with van der Waals surface area (Å²) in [4.78, 5) is 27.0. The molecule has 1 heterocycles. The normalized spacial score (nSPS) is 15.0. The third-order valence-corrected chi connectivity index (χ3v) is 11.4. The average molecular weight is 458 g/mol. The summed E-state index contributed by atoms with van der Waals surface area (Å²) in [5, 5.41) is 2.32. The van der Waals surface area contributed by atoms with Gasteiger partial charge in [0.05, 0.1) is 11.1 Å². The largest absolute Gasteiger partial charge is 0.407 e. The van der Waals surface area contributed by atoms with E-state index < -0.39 is 8.32 Å². The number of nitrogens with zero attached hydrogens (tertiary/aromatic N) is 1. The molecule has 3 aromatic rings. The van der Waals surface area contributed by atoms with Crippen LogP contribution in [0.15, 0.2) is 84.9 Å². The first-order chi connectivity index (χ1) is 15.8. The Morgan fingerprint density at radius 2 is 1.18 bits per heavy atom. The summed E-state index contributed by atoms with van der Waals surface area (Å²) in [5.41, 5.74) is 0.977. The zero-order valence-corrected chi connectivity index (χ0v) is 20.7. The van der Waals surface area contributed by atoms with Gasteiger partial charge in [-0.2, -0.15) is 0 Å². The van der Waals surface area contributed by atoms with Gasteiger partial charge in [0.15, 0.2) is 0 Å². The first kappa shape index (κ1) is 23.1. The fourth-order valence-electron chi connectivity index (χ4n) is 4.80. The van der Waals surface area contributed by atoms with Crippen molar-refractivity contribution in [2.45, 2.75) is 32.7 Å². The van der Waals surface area contributed by atoms with Gasteiger partial charge in [0, 0.05) is 13.2 Å². The highest BCUT2D eigenvalue weighted by molar-refractivity contribution is 6.99. The maximum atomic E-state index is 12.8. The molecule has 0 aromatic heterocycles. The summed E-state index contributed by atoms with van der Waals surface area (Å²) in [5.74, 6) is -0.436. The maximum absolute atomic E-state index is 12.8. The predicted molar refractivity (Wildman–Crippen MR) is 135 cm³/mol. The van der Waals surface area contributed by atoms with E-state index in [2.05, 4.69) is 69.3 Å². The molecule has 170 valence electrons. The Labute approximate surface area is 197 Å². The number of amides is 2. The highest BCUT2D eigenvalue weighted by Gasteiger charge is 2.50. The second-order valence-corrected chi connectivity index (χ2v) is 14.2. The van der Waals surface area contributed by atoms with Crippen molar-refractivity contribution in [2.75, 3.05) is 13.2 Å². The summed E-state index contributed by atoms with van der Waals surface area (Å²) in [6.07, 6.45) is 0. The van der Waals surface area contributed by atoms with Crippen LogP contribution in [0, 0.1) is 5.92 Å². The monoisotopic (exact) mass is 457 g/mol. The van der Waals surface area contributed by atoms with E-state index in [0.29, 0.717) is 24.3 Å². The second-order valence-electron chi connectivity index (χ2n) is 9.85. The van der Waals surface area contributed by atoms with Crippen LogP contribution in [0.2, 0.25) is 5.04 Å². The molecule has 1 atom stereocenters. The summed E-state index contributed by atoms with van der Waals surface area (Å²) >= 11 is 0. The van der Waals surface area contributed by atoms with E-state index in [1.54, 1.807) is 24.3 Å². The Kier molecular flexibility index (Phi) is 6.37. The van der Waals surface area contributed by atoms with Gasteiger partial charge in [0.2, 0.25) is 0 Å². The summed E-state index contributed by atoms with van der Waals surface area (Å²) in [7, 11) is -2.65. The van der Waals surface area contributed by atoms with Gasteiger partial charge in [-0.3, -0.25) is 14.5 Å². The van der Waals surface area contributed by atoms with Crippen LogP contribution in [-0.4, -0.2) is 38.2 Å². The molecule has 0 saturated heterocycles. The number of carbonyl (C=O) groups excluding carboxylic acids is 2. The quantitative estimate of drug-likeness (QED) is 0.388. The highest BCUT2D eigenvalue weighted by atomic mass is 28.4. The SMILES string of the molecule is C[C@@H](CO[Si](c1ccccc1)(c1ccccc1)C(C)(C)C)CN1C(=O)c2ccccc2C1=O. The van der Waals surface area contributed by atoms with E-state index in [4.69, 9.17) is 4.43 Å². The van der Waals surface area contributed by atoms with Crippen molar-refractivity contribution in [3.8, 4) is 0 Å². The highest BCUT2D eigenvalue weighted by Crippen LogP contribution is 2.37. The van der Waals surface area contributed by atoms with Crippen molar-refractivity contribution in [1.29, 1.82) is 0 Å². The van der Waals surface area contributed by atoms with Crippen LogP contribution in [0.4, 0.5) is 0 Å². The third kappa shape index (κ3) is 4.19. The Balaban J connectivity index is 1.61. The van der Waals surface area contributed by atoms with Gasteiger partial charge in [-0.1, -0.05) is 100 Å². The van der Waals surface area contributed by atoms with E-state index in [0.717, 1.165) is 0 Å². The van der Waals surface area contributed by atoms with Gasteiger partial charge in [0.1, 0.15) is 0 Å². The van der Waals surface area contributed by atoms with Gasteiger partial charge < -0.3 is 4.43 Å². The van der Waals surface area contributed by atoms with Crippen LogP contribution in [0.25, 0.3) is 0 Å². The molecular weight excluding hydrogens is 426 g/mol. The molecular formula is C28H31NO3Si. The molecule has 4 rings (SSSR count). The zero-order chi connectivity index (χ0) is 23.6. The van der Waals surface area contributed by atoms with Crippen LogP contribution in [-0.2, 0) is 4.43 Å². The minimum atomic E-state index is -2.65. The van der Waals surface area contributed by atoms with E-state index in [9.17, 15) is 9.59 Å². The number of hydrogen-bond acceptors (Lipinski definition) is 3. The Hall–Kier alpha value is -3.02. The molecule has 0 N–H and O–H groups in total. The minimum absolute atomic E-state index is 0.00568. The molecule has 0 bridgehead atoms. The molecule has 0 unspecified atom stereocenters. The summed E-state index contributed by atoms with van der Waals surface area (Å²) < 4.78 is 6.98. The molecule has 5 heteroatoms. The molecule has 33 heavy (non-hydrogen) atoms. The smallest absolute Gasteiger partial charge is 0.261 e. The van der Waals surface area contributed by atoms with Gasteiger partial charge in [-0.25, -0.2) is 0 Å². The molecule has 1 aliphatic rings. The summed E-state index contributed by atoms with van der Waals surface area (Å²) in [6.45, 7) is 9.57. The number of benzene rings is 3. The van der Waals surface area contributed by atoms with E-state index in [-0.39, 0.29) is 22.8 Å². The van der Waals surface area contributed by atoms with Crippen LogP contribution in [0.5, 0.6) is 0 Å². The molecule has 1 aliphatic heterocycles. The molecule has 2 amide bonds. The molecule has 0 spiro atoms. The minimum Gasteiger partial charge on any atom is -0.407 e. The molecule has 0 fully saturated rings. The average Bonchev–Trinajstić information content (AvgIpc) is 3.05. The molecule has 4 nitrogen and oxygen atoms in total.